The number of carbonyl (C=O) groups excluding carboxylic acids is 2. The molecule has 13 unspecified atom stereocenters. The molecule has 6 aliphatic rings. The van der Waals surface area contributed by atoms with Crippen molar-refractivity contribution in [2.45, 2.75) is 126 Å². The van der Waals surface area contributed by atoms with Gasteiger partial charge < -0.3 is 39.2 Å². The number of piperidine rings is 2. The maximum absolute atomic E-state index is 14.3. The van der Waals surface area contributed by atoms with E-state index in [1.165, 1.54) is 0 Å². The highest BCUT2D eigenvalue weighted by Crippen LogP contribution is 2.54. The molecule has 0 radical (unpaired) electrons. The van der Waals surface area contributed by atoms with E-state index in [0.29, 0.717) is 17.9 Å². The average molecular weight is 578 g/mol. The Bertz CT molecular complexity index is 953. The zero-order valence-electron chi connectivity index (χ0n) is 25.5. The quantitative estimate of drug-likeness (QED) is 0.451. The highest BCUT2D eigenvalue weighted by atomic mass is 16.5. The number of carbonyl (C=O) groups is 2. The number of hydrogen-bond acceptors (Lipinski definition) is 8. The summed E-state index contributed by atoms with van der Waals surface area (Å²) in [6.45, 7) is 2.85. The van der Waals surface area contributed by atoms with Crippen LogP contribution in [0.3, 0.4) is 0 Å². The lowest BCUT2D eigenvalue weighted by molar-refractivity contribution is -0.175. The standard InChI is InChI=1S/C31H51N3O7/c1-16(30(35)33-22-15-17(37-2)7-10-24(22)38-3)41-18-6-9-23-21(14-18)19-12-13-32-27-20-8-11-25(39-4)29(40-5)26(20)31(36)34(23)28(19)27/h16-29,32H,6-15H2,1-5H3,(H,33,35)/t16-,17?,18?,19?,20?,21?,22?,23?,24?,25?,26?,27?,28?,29?/m0/s1. The van der Waals surface area contributed by atoms with E-state index in [2.05, 4.69) is 15.5 Å². The molecular weight excluding hydrogens is 526 g/mol. The summed E-state index contributed by atoms with van der Waals surface area (Å²) in [5, 5.41) is 7.04. The first-order valence-electron chi connectivity index (χ1n) is 16.0. The zero-order chi connectivity index (χ0) is 28.8. The second kappa shape index (κ2) is 12.4. The van der Waals surface area contributed by atoms with E-state index in [0.717, 1.165) is 64.3 Å². The maximum Gasteiger partial charge on any atom is 0.249 e. The number of rotatable bonds is 8. The predicted molar refractivity (Wildman–Crippen MR) is 151 cm³/mol. The van der Waals surface area contributed by atoms with Gasteiger partial charge in [-0.3, -0.25) is 9.59 Å². The molecule has 0 aromatic heterocycles. The molecule has 2 N–H and O–H groups in total. The molecule has 10 nitrogen and oxygen atoms in total. The lowest BCUT2D eigenvalue weighted by Crippen LogP contribution is -2.70. The van der Waals surface area contributed by atoms with Crippen LogP contribution in [0, 0.1) is 23.7 Å². The molecule has 3 heterocycles. The molecule has 6 fully saturated rings. The minimum absolute atomic E-state index is 0.00478. The Kier molecular flexibility index (Phi) is 8.97. The Hall–Kier alpha value is -1.30. The van der Waals surface area contributed by atoms with E-state index in [9.17, 15) is 9.59 Å². The van der Waals surface area contributed by atoms with E-state index >= 15 is 0 Å². The van der Waals surface area contributed by atoms with Gasteiger partial charge in [0.1, 0.15) is 6.10 Å². The van der Waals surface area contributed by atoms with E-state index in [1.54, 1.807) is 28.4 Å². The molecule has 3 saturated carbocycles. The minimum Gasteiger partial charge on any atom is -0.381 e. The van der Waals surface area contributed by atoms with Crippen LogP contribution in [0.2, 0.25) is 0 Å². The smallest absolute Gasteiger partial charge is 0.249 e. The maximum atomic E-state index is 14.3. The number of ether oxygens (including phenoxy) is 5. The van der Waals surface area contributed by atoms with Crippen LogP contribution < -0.4 is 10.6 Å². The summed E-state index contributed by atoms with van der Waals surface area (Å²) in [4.78, 5) is 29.8. The number of amides is 2. The first-order valence-corrected chi connectivity index (χ1v) is 16.0. The molecule has 14 atom stereocenters. The van der Waals surface area contributed by atoms with Crippen molar-refractivity contribution in [3.05, 3.63) is 0 Å². The van der Waals surface area contributed by atoms with Crippen LogP contribution in [0.25, 0.3) is 0 Å². The molecule has 232 valence electrons. The van der Waals surface area contributed by atoms with Gasteiger partial charge in [-0.15, -0.1) is 0 Å². The Balaban J connectivity index is 1.12. The van der Waals surface area contributed by atoms with Gasteiger partial charge in [0.2, 0.25) is 11.8 Å². The van der Waals surface area contributed by atoms with E-state index in [1.807, 2.05) is 6.92 Å². The first-order chi connectivity index (χ1) is 19.9. The second-order valence-corrected chi connectivity index (χ2v) is 13.4. The summed E-state index contributed by atoms with van der Waals surface area (Å²) in [7, 11) is 6.90. The van der Waals surface area contributed by atoms with E-state index in [4.69, 9.17) is 23.7 Å². The Morgan fingerprint density at radius 2 is 1.61 bits per heavy atom. The van der Waals surface area contributed by atoms with Crippen molar-refractivity contribution in [2.75, 3.05) is 35.0 Å². The van der Waals surface area contributed by atoms with Crippen LogP contribution in [-0.2, 0) is 33.3 Å². The van der Waals surface area contributed by atoms with Gasteiger partial charge in [0.05, 0.1) is 48.5 Å². The number of methoxy groups -OCH3 is 4. The zero-order valence-corrected chi connectivity index (χ0v) is 25.5. The fourth-order valence-corrected chi connectivity index (χ4v) is 9.86. The van der Waals surface area contributed by atoms with Crippen molar-refractivity contribution in [1.29, 1.82) is 0 Å². The van der Waals surface area contributed by atoms with Crippen LogP contribution in [0.4, 0.5) is 0 Å². The fourth-order valence-electron chi connectivity index (χ4n) is 9.86. The molecule has 0 aromatic carbocycles. The van der Waals surface area contributed by atoms with Crippen LogP contribution in [0.15, 0.2) is 0 Å². The SMILES string of the molecule is COC1CCC(OC)C(NC(=O)[C@H](C)OC2CCC3C(C2)C2CCNC4C5CCC(OC)C(OC)C5C(=O)N3C24)C1. The van der Waals surface area contributed by atoms with Gasteiger partial charge in [0.15, 0.2) is 0 Å². The largest absolute Gasteiger partial charge is 0.381 e. The summed E-state index contributed by atoms with van der Waals surface area (Å²) in [5.41, 5.74) is 0. The third-order valence-corrected chi connectivity index (χ3v) is 11.7. The highest BCUT2D eigenvalue weighted by Gasteiger charge is 2.64. The average Bonchev–Trinajstić information content (AvgIpc) is 3.33. The lowest BCUT2D eigenvalue weighted by Gasteiger charge is -2.55. The van der Waals surface area contributed by atoms with Gasteiger partial charge in [-0.05, 0) is 89.0 Å². The summed E-state index contributed by atoms with van der Waals surface area (Å²) < 4.78 is 29.4. The summed E-state index contributed by atoms with van der Waals surface area (Å²) in [6.07, 6.45) is 7.62. The molecule has 41 heavy (non-hydrogen) atoms. The predicted octanol–water partition coefficient (Wildman–Crippen LogP) is 1.89. The summed E-state index contributed by atoms with van der Waals surface area (Å²) in [6, 6.07) is 0.714. The Morgan fingerprint density at radius 1 is 0.854 bits per heavy atom. The summed E-state index contributed by atoms with van der Waals surface area (Å²) in [5.74, 6) is 1.19. The molecule has 3 aliphatic carbocycles. The molecule has 3 saturated heterocycles. The number of fused-ring (bicyclic) bond motifs is 5. The van der Waals surface area contributed by atoms with Gasteiger partial charge in [-0.25, -0.2) is 0 Å². The van der Waals surface area contributed by atoms with Gasteiger partial charge in [0, 0.05) is 40.5 Å². The van der Waals surface area contributed by atoms with Crippen molar-refractivity contribution in [3.63, 3.8) is 0 Å². The molecule has 2 amide bonds. The van der Waals surface area contributed by atoms with E-state index in [-0.39, 0.29) is 72.3 Å². The Labute approximate surface area is 244 Å². The van der Waals surface area contributed by atoms with E-state index < -0.39 is 6.10 Å². The number of hydrogen-bond donors (Lipinski definition) is 2. The molecule has 6 rings (SSSR count). The van der Waals surface area contributed by atoms with Crippen molar-refractivity contribution < 1.29 is 33.3 Å². The van der Waals surface area contributed by atoms with Crippen LogP contribution in [0.5, 0.6) is 0 Å². The van der Waals surface area contributed by atoms with Crippen LogP contribution in [-0.4, -0.2) is 112 Å². The van der Waals surface area contributed by atoms with Gasteiger partial charge in [0.25, 0.3) is 0 Å². The van der Waals surface area contributed by atoms with Crippen molar-refractivity contribution in [1.82, 2.24) is 15.5 Å². The normalized spacial score (nSPS) is 46.3. The highest BCUT2D eigenvalue weighted by molar-refractivity contribution is 5.83. The molecule has 0 spiro atoms. The molecule has 10 heteroatoms. The Morgan fingerprint density at radius 3 is 2.34 bits per heavy atom. The number of nitrogens with zero attached hydrogens (tertiary/aromatic N) is 1. The monoisotopic (exact) mass is 577 g/mol. The second-order valence-electron chi connectivity index (χ2n) is 13.4. The van der Waals surface area contributed by atoms with Gasteiger partial charge in [-0.1, -0.05) is 0 Å². The molecular formula is C31H51N3O7. The lowest BCUT2D eigenvalue weighted by atomic mass is 9.64. The third kappa shape index (κ3) is 5.24. The summed E-state index contributed by atoms with van der Waals surface area (Å²) >= 11 is 0. The molecule has 3 aliphatic heterocycles. The fraction of sp³-hybridized carbons (Fsp3) is 0.935. The van der Waals surface area contributed by atoms with Crippen molar-refractivity contribution in [3.8, 4) is 0 Å². The first kappa shape index (κ1) is 29.8. The topological polar surface area (TPSA) is 108 Å². The molecule has 0 bridgehead atoms. The van der Waals surface area contributed by atoms with Crippen LogP contribution in [0.1, 0.15) is 64.7 Å². The minimum atomic E-state index is -0.542. The number of nitrogens with one attached hydrogen (secondary N) is 2. The van der Waals surface area contributed by atoms with Gasteiger partial charge in [-0.2, -0.15) is 0 Å². The van der Waals surface area contributed by atoms with Crippen molar-refractivity contribution in [2.24, 2.45) is 23.7 Å². The van der Waals surface area contributed by atoms with Crippen LogP contribution >= 0.6 is 0 Å². The third-order valence-electron chi connectivity index (χ3n) is 11.7. The molecule has 0 aromatic rings. The van der Waals surface area contributed by atoms with Gasteiger partial charge >= 0.3 is 0 Å². The van der Waals surface area contributed by atoms with Crippen molar-refractivity contribution >= 4 is 11.8 Å².